The van der Waals surface area contributed by atoms with E-state index >= 15 is 0 Å². The zero-order valence-electron chi connectivity index (χ0n) is 13.1. The highest BCUT2D eigenvalue weighted by Gasteiger charge is 2.14. The van der Waals surface area contributed by atoms with Crippen molar-refractivity contribution in [3.05, 3.63) is 52.3 Å². The maximum absolute atomic E-state index is 5.26. The van der Waals surface area contributed by atoms with Gasteiger partial charge in [0.05, 0.1) is 11.6 Å². The number of nitrogens with one attached hydrogen (secondary N) is 1. The molecular formula is C17H23BrN2O. The van der Waals surface area contributed by atoms with E-state index in [1.54, 1.807) is 7.11 Å². The summed E-state index contributed by atoms with van der Waals surface area (Å²) in [5.74, 6) is 1.43. The molecule has 2 rings (SSSR count). The van der Waals surface area contributed by atoms with Gasteiger partial charge in [-0.25, -0.2) is 0 Å². The fraction of sp³-hybridized carbons (Fsp3) is 0.412. The van der Waals surface area contributed by atoms with Crippen LogP contribution in [0.2, 0.25) is 0 Å². The fourth-order valence-corrected chi connectivity index (χ4v) is 3.23. The molecule has 21 heavy (non-hydrogen) atoms. The van der Waals surface area contributed by atoms with E-state index in [4.69, 9.17) is 4.74 Å². The minimum atomic E-state index is 0.397. The van der Waals surface area contributed by atoms with Crippen molar-refractivity contribution in [2.24, 2.45) is 5.92 Å². The summed E-state index contributed by atoms with van der Waals surface area (Å²) < 4.78 is 8.47. The first kappa shape index (κ1) is 16.1. The van der Waals surface area contributed by atoms with Gasteiger partial charge in [-0.15, -0.1) is 0 Å². The van der Waals surface area contributed by atoms with Crippen molar-refractivity contribution in [3.8, 4) is 5.75 Å². The Hall–Kier alpha value is -1.26. The number of ether oxygens (including phenoxy) is 1. The summed E-state index contributed by atoms with van der Waals surface area (Å²) >= 11 is 3.54. The third-order valence-corrected chi connectivity index (χ3v) is 4.31. The number of hydrogen-bond acceptors (Lipinski definition) is 2. The van der Waals surface area contributed by atoms with Crippen LogP contribution in [0.3, 0.4) is 0 Å². The molecule has 0 saturated heterocycles. The van der Waals surface area contributed by atoms with Crippen LogP contribution in [0.1, 0.15) is 31.0 Å². The second kappa shape index (κ2) is 7.14. The highest BCUT2D eigenvalue weighted by Crippen LogP contribution is 2.26. The molecule has 0 fully saturated rings. The first-order valence-electron chi connectivity index (χ1n) is 7.20. The molecule has 0 aliphatic heterocycles. The lowest BCUT2D eigenvalue weighted by atomic mass is 9.99. The second-order valence-corrected chi connectivity index (χ2v) is 6.45. The highest BCUT2D eigenvalue weighted by atomic mass is 79.9. The predicted octanol–water partition coefficient (Wildman–Crippen LogP) is 4.22. The molecule has 3 nitrogen and oxygen atoms in total. The lowest BCUT2D eigenvalue weighted by molar-refractivity contribution is 0.412. The van der Waals surface area contributed by atoms with Crippen molar-refractivity contribution >= 4 is 15.9 Å². The molecule has 0 aliphatic rings. The molecule has 2 aromatic rings. The standard InChI is InChI=1S/C17H23BrN2O/c1-12(2)17(19-3)14-7-8-20(11-14)10-13-5-6-16(21-4)15(18)9-13/h5-9,11-12,17,19H,10H2,1-4H3. The lowest BCUT2D eigenvalue weighted by Crippen LogP contribution is -2.21. The smallest absolute Gasteiger partial charge is 0.133 e. The highest BCUT2D eigenvalue weighted by molar-refractivity contribution is 9.10. The third-order valence-electron chi connectivity index (χ3n) is 3.69. The van der Waals surface area contributed by atoms with E-state index in [-0.39, 0.29) is 0 Å². The van der Waals surface area contributed by atoms with Crippen LogP contribution in [-0.2, 0) is 6.54 Å². The fourth-order valence-electron chi connectivity index (χ4n) is 2.65. The maximum Gasteiger partial charge on any atom is 0.133 e. The number of rotatable bonds is 6. The van der Waals surface area contributed by atoms with Gasteiger partial charge in [0, 0.05) is 25.0 Å². The molecule has 0 radical (unpaired) electrons. The average molecular weight is 351 g/mol. The lowest BCUT2D eigenvalue weighted by Gasteiger charge is -2.18. The molecule has 114 valence electrons. The summed E-state index contributed by atoms with van der Waals surface area (Å²) in [6, 6.07) is 8.79. The van der Waals surface area contributed by atoms with E-state index in [0.29, 0.717) is 12.0 Å². The minimum Gasteiger partial charge on any atom is -0.496 e. The summed E-state index contributed by atoms with van der Waals surface area (Å²) in [7, 11) is 3.70. The number of methoxy groups -OCH3 is 1. The second-order valence-electron chi connectivity index (χ2n) is 5.60. The van der Waals surface area contributed by atoms with Crippen LogP contribution < -0.4 is 10.1 Å². The van der Waals surface area contributed by atoms with Gasteiger partial charge in [0.25, 0.3) is 0 Å². The van der Waals surface area contributed by atoms with Crippen molar-refractivity contribution in [1.82, 2.24) is 9.88 Å². The Morgan fingerprint density at radius 2 is 2.05 bits per heavy atom. The van der Waals surface area contributed by atoms with Gasteiger partial charge in [-0.05, 0) is 58.2 Å². The van der Waals surface area contributed by atoms with Gasteiger partial charge >= 0.3 is 0 Å². The van der Waals surface area contributed by atoms with Crippen molar-refractivity contribution in [3.63, 3.8) is 0 Å². The molecule has 1 atom stereocenters. The Bertz CT molecular complexity index is 592. The topological polar surface area (TPSA) is 26.2 Å². The molecule has 1 aromatic carbocycles. The van der Waals surface area contributed by atoms with Crippen LogP contribution in [0.5, 0.6) is 5.75 Å². The summed E-state index contributed by atoms with van der Waals surface area (Å²) in [6.45, 7) is 5.33. The van der Waals surface area contributed by atoms with Crippen molar-refractivity contribution in [2.45, 2.75) is 26.4 Å². The average Bonchev–Trinajstić information content (AvgIpc) is 2.87. The molecule has 4 heteroatoms. The number of aromatic nitrogens is 1. The van der Waals surface area contributed by atoms with E-state index in [1.807, 2.05) is 13.1 Å². The quantitative estimate of drug-likeness (QED) is 0.843. The van der Waals surface area contributed by atoms with E-state index in [2.05, 4.69) is 70.3 Å². The van der Waals surface area contributed by atoms with Crippen molar-refractivity contribution in [1.29, 1.82) is 0 Å². The third kappa shape index (κ3) is 3.89. The molecule has 0 amide bonds. The summed E-state index contributed by atoms with van der Waals surface area (Å²) in [5, 5.41) is 3.38. The van der Waals surface area contributed by atoms with Crippen LogP contribution in [0.25, 0.3) is 0 Å². The van der Waals surface area contributed by atoms with E-state index in [0.717, 1.165) is 16.8 Å². The first-order valence-corrected chi connectivity index (χ1v) is 7.99. The van der Waals surface area contributed by atoms with Gasteiger partial charge in [-0.3, -0.25) is 0 Å². The molecule has 1 aromatic heterocycles. The maximum atomic E-state index is 5.26. The van der Waals surface area contributed by atoms with Crippen LogP contribution in [0.15, 0.2) is 41.1 Å². The zero-order valence-corrected chi connectivity index (χ0v) is 14.6. The molecule has 1 unspecified atom stereocenters. The van der Waals surface area contributed by atoms with Gasteiger partial charge in [0.2, 0.25) is 0 Å². The van der Waals surface area contributed by atoms with E-state index in [9.17, 15) is 0 Å². The molecule has 0 saturated carbocycles. The van der Waals surface area contributed by atoms with Crippen molar-refractivity contribution < 1.29 is 4.74 Å². The van der Waals surface area contributed by atoms with Crippen molar-refractivity contribution in [2.75, 3.05) is 14.2 Å². The first-order chi connectivity index (χ1) is 10.0. The Balaban J connectivity index is 2.14. The van der Waals surface area contributed by atoms with E-state index in [1.165, 1.54) is 11.1 Å². The number of benzene rings is 1. The van der Waals surface area contributed by atoms with Gasteiger partial charge in [-0.2, -0.15) is 0 Å². The van der Waals surface area contributed by atoms with Crippen LogP contribution in [0, 0.1) is 5.92 Å². The van der Waals surface area contributed by atoms with E-state index < -0.39 is 0 Å². The Morgan fingerprint density at radius 3 is 2.62 bits per heavy atom. The summed E-state index contributed by atoms with van der Waals surface area (Å²) in [4.78, 5) is 0. The SMILES string of the molecule is CNC(c1ccn(Cc2ccc(OC)c(Br)c2)c1)C(C)C. The zero-order chi connectivity index (χ0) is 15.4. The van der Waals surface area contributed by atoms with Gasteiger partial charge in [0.15, 0.2) is 0 Å². The Morgan fingerprint density at radius 1 is 1.29 bits per heavy atom. The molecule has 0 bridgehead atoms. The number of hydrogen-bond donors (Lipinski definition) is 1. The van der Waals surface area contributed by atoms with Gasteiger partial charge in [-0.1, -0.05) is 19.9 Å². The molecular weight excluding hydrogens is 328 g/mol. The molecule has 0 spiro atoms. The Kier molecular flexibility index (Phi) is 5.48. The van der Waals surface area contributed by atoms with Gasteiger partial charge < -0.3 is 14.6 Å². The molecule has 0 aliphatic carbocycles. The normalized spacial score (nSPS) is 12.7. The predicted molar refractivity (Wildman–Crippen MR) is 90.9 cm³/mol. The summed E-state index contributed by atoms with van der Waals surface area (Å²) in [5.41, 5.74) is 2.58. The van der Waals surface area contributed by atoms with Crippen LogP contribution in [0.4, 0.5) is 0 Å². The molecule has 1 N–H and O–H groups in total. The summed E-state index contributed by atoms with van der Waals surface area (Å²) in [6.07, 6.45) is 4.36. The Labute approximate surface area is 135 Å². The van der Waals surface area contributed by atoms with Gasteiger partial charge in [0.1, 0.15) is 5.75 Å². The van der Waals surface area contributed by atoms with Crippen LogP contribution >= 0.6 is 15.9 Å². The van der Waals surface area contributed by atoms with Crippen LogP contribution in [-0.4, -0.2) is 18.7 Å². The number of halogens is 1. The largest absolute Gasteiger partial charge is 0.496 e. The molecule has 1 heterocycles. The monoisotopic (exact) mass is 350 g/mol. The number of nitrogens with zero attached hydrogens (tertiary/aromatic N) is 1. The minimum absolute atomic E-state index is 0.397.